The normalized spacial score (nSPS) is 35.2. The highest BCUT2D eigenvalue weighted by atomic mass is 16.5. The molecule has 4 rings (SSSR count). The molecule has 2 heterocycles. The lowest BCUT2D eigenvalue weighted by molar-refractivity contribution is 0.0852. The first-order valence-corrected chi connectivity index (χ1v) is 6.81. The summed E-state index contributed by atoms with van der Waals surface area (Å²) in [5.74, 6) is 0.822. The van der Waals surface area contributed by atoms with Gasteiger partial charge in [-0.1, -0.05) is 18.2 Å². The molecule has 3 aliphatic rings. The van der Waals surface area contributed by atoms with Crippen LogP contribution in [0.3, 0.4) is 0 Å². The molecule has 1 aromatic carbocycles. The summed E-state index contributed by atoms with van der Waals surface area (Å²) in [4.78, 5) is 0. The third-order valence-corrected chi connectivity index (χ3v) is 4.63. The van der Waals surface area contributed by atoms with Gasteiger partial charge in [0.15, 0.2) is 11.5 Å². The van der Waals surface area contributed by atoms with E-state index in [1.165, 1.54) is 5.56 Å². The minimum atomic E-state index is -0.452. The van der Waals surface area contributed by atoms with Crippen molar-refractivity contribution in [2.75, 3.05) is 6.54 Å². The van der Waals surface area contributed by atoms with Crippen LogP contribution < -0.4 is 10.1 Å². The van der Waals surface area contributed by atoms with Crippen LogP contribution in [-0.2, 0) is 12.0 Å². The fourth-order valence-corrected chi connectivity index (χ4v) is 3.72. The number of rotatable bonds is 0. The number of hydrogen-bond acceptors (Lipinski definition) is 4. The largest absolute Gasteiger partial charge is 0.504 e. The second-order valence-electron chi connectivity index (χ2n) is 5.68. The predicted octanol–water partition coefficient (Wildman–Crippen LogP) is 1.21. The summed E-state index contributed by atoms with van der Waals surface area (Å²) >= 11 is 0. The van der Waals surface area contributed by atoms with Gasteiger partial charge < -0.3 is 20.3 Å². The Morgan fingerprint density at radius 2 is 2.26 bits per heavy atom. The number of aromatic hydroxyl groups is 1. The third-order valence-electron chi connectivity index (χ3n) is 4.63. The van der Waals surface area contributed by atoms with E-state index in [1.54, 1.807) is 6.07 Å². The standard InChI is InChI=1S/C15H17NO3/c17-10-3-4-15-5-6-16-8-9-1-2-11(18)14(13(9)15)19-12(15)7-10/h1-4,10,12,16-18H,5-8H2/t10-,12?,15-/m0/s1. The van der Waals surface area contributed by atoms with Gasteiger partial charge in [-0.05, 0) is 24.6 Å². The van der Waals surface area contributed by atoms with E-state index in [0.29, 0.717) is 12.2 Å². The zero-order valence-electron chi connectivity index (χ0n) is 10.6. The maximum absolute atomic E-state index is 10.1. The molecular weight excluding hydrogens is 242 g/mol. The molecule has 1 spiro atoms. The fourth-order valence-electron chi connectivity index (χ4n) is 3.72. The number of nitrogens with one attached hydrogen (secondary N) is 1. The van der Waals surface area contributed by atoms with Crippen LogP contribution in [0.5, 0.6) is 11.5 Å². The quantitative estimate of drug-likeness (QED) is 0.613. The van der Waals surface area contributed by atoms with Gasteiger partial charge in [-0.25, -0.2) is 0 Å². The van der Waals surface area contributed by atoms with Gasteiger partial charge >= 0.3 is 0 Å². The van der Waals surface area contributed by atoms with Crippen molar-refractivity contribution in [1.82, 2.24) is 5.32 Å². The highest BCUT2D eigenvalue weighted by Crippen LogP contribution is 2.54. The zero-order chi connectivity index (χ0) is 13.0. The van der Waals surface area contributed by atoms with Gasteiger partial charge in [-0.15, -0.1) is 0 Å². The number of hydrogen-bond donors (Lipinski definition) is 3. The van der Waals surface area contributed by atoms with Gasteiger partial charge in [-0.2, -0.15) is 0 Å². The molecule has 0 aromatic heterocycles. The van der Waals surface area contributed by atoms with E-state index < -0.39 is 6.10 Å². The Bertz CT molecular complexity index is 569. The smallest absolute Gasteiger partial charge is 0.165 e. The Labute approximate surface area is 111 Å². The molecule has 0 saturated carbocycles. The molecular formula is C15H17NO3. The molecule has 0 saturated heterocycles. The Morgan fingerprint density at radius 1 is 1.37 bits per heavy atom. The van der Waals surface area contributed by atoms with Gasteiger partial charge in [-0.3, -0.25) is 0 Å². The molecule has 0 fully saturated rings. The van der Waals surface area contributed by atoms with Gasteiger partial charge in [0, 0.05) is 18.5 Å². The Morgan fingerprint density at radius 3 is 3.16 bits per heavy atom. The average Bonchev–Trinajstić information content (AvgIpc) is 2.61. The predicted molar refractivity (Wildman–Crippen MR) is 70.3 cm³/mol. The van der Waals surface area contributed by atoms with Gasteiger partial charge in [0.1, 0.15) is 6.10 Å². The van der Waals surface area contributed by atoms with Crippen LogP contribution in [0.1, 0.15) is 24.0 Å². The lowest BCUT2D eigenvalue weighted by Gasteiger charge is -2.35. The van der Waals surface area contributed by atoms with E-state index in [4.69, 9.17) is 4.74 Å². The molecule has 1 unspecified atom stereocenters. The summed E-state index contributed by atoms with van der Waals surface area (Å²) in [6.45, 7) is 1.71. The van der Waals surface area contributed by atoms with Crippen molar-refractivity contribution >= 4 is 0 Å². The number of aliphatic hydroxyl groups excluding tert-OH is 1. The lowest BCUT2D eigenvalue weighted by atomic mass is 9.69. The van der Waals surface area contributed by atoms with E-state index in [-0.39, 0.29) is 17.3 Å². The summed E-state index contributed by atoms with van der Waals surface area (Å²) in [6, 6.07) is 3.67. The van der Waals surface area contributed by atoms with Crippen molar-refractivity contribution < 1.29 is 14.9 Å². The molecule has 0 bridgehead atoms. The summed E-state index contributed by atoms with van der Waals surface area (Å²) in [7, 11) is 0. The van der Waals surface area contributed by atoms with E-state index in [2.05, 4.69) is 11.4 Å². The molecule has 3 atom stereocenters. The molecule has 0 radical (unpaired) electrons. The van der Waals surface area contributed by atoms with Crippen LogP contribution in [0, 0.1) is 0 Å². The van der Waals surface area contributed by atoms with Crippen molar-refractivity contribution in [1.29, 1.82) is 0 Å². The van der Waals surface area contributed by atoms with E-state index in [0.717, 1.165) is 25.1 Å². The topological polar surface area (TPSA) is 61.7 Å². The number of benzene rings is 1. The number of ether oxygens (including phenoxy) is 1. The van der Waals surface area contributed by atoms with Gasteiger partial charge in [0.25, 0.3) is 0 Å². The maximum atomic E-state index is 10.1. The van der Waals surface area contributed by atoms with E-state index >= 15 is 0 Å². The van der Waals surface area contributed by atoms with Crippen LogP contribution in [0.2, 0.25) is 0 Å². The average molecular weight is 259 g/mol. The first-order valence-electron chi connectivity index (χ1n) is 6.81. The molecule has 1 aromatic rings. The van der Waals surface area contributed by atoms with E-state index in [1.807, 2.05) is 12.1 Å². The minimum absolute atomic E-state index is 0.0746. The fraction of sp³-hybridized carbons (Fsp3) is 0.467. The van der Waals surface area contributed by atoms with Crippen LogP contribution in [0.4, 0.5) is 0 Å². The number of phenolic OH excluding ortho intramolecular Hbond substituents is 1. The highest BCUT2D eigenvalue weighted by molar-refractivity contribution is 5.60. The lowest BCUT2D eigenvalue weighted by Crippen LogP contribution is -2.42. The number of aliphatic hydroxyl groups is 1. The molecule has 2 aliphatic heterocycles. The number of phenols is 1. The summed E-state index contributed by atoms with van der Waals surface area (Å²) in [5, 5.41) is 23.3. The van der Waals surface area contributed by atoms with Gasteiger partial charge in [0.2, 0.25) is 0 Å². The molecule has 4 heteroatoms. The SMILES string of the molecule is Oc1ccc2c3c1OC1C[C@@H](O)C=C[C@@]31CCNC2. The van der Waals surface area contributed by atoms with Crippen molar-refractivity contribution in [3.05, 3.63) is 35.4 Å². The summed E-state index contributed by atoms with van der Waals surface area (Å²) in [6.07, 6.45) is 4.96. The Balaban J connectivity index is 1.98. The zero-order valence-corrected chi connectivity index (χ0v) is 10.6. The van der Waals surface area contributed by atoms with Gasteiger partial charge in [0.05, 0.1) is 11.5 Å². The van der Waals surface area contributed by atoms with Crippen LogP contribution in [-0.4, -0.2) is 29.0 Å². The molecule has 1 aliphatic carbocycles. The molecule has 0 amide bonds. The summed E-state index contributed by atoms with van der Waals surface area (Å²) in [5.41, 5.74) is 2.12. The first kappa shape index (κ1) is 11.3. The Kier molecular flexibility index (Phi) is 2.23. The molecule has 100 valence electrons. The third kappa shape index (κ3) is 1.41. The first-order chi connectivity index (χ1) is 9.21. The van der Waals surface area contributed by atoms with E-state index in [9.17, 15) is 10.2 Å². The van der Waals surface area contributed by atoms with Crippen molar-refractivity contribution in [3.63, 3.8) is 0 Å². The van der Waals surface area contributed by atoms with Crippen molar-refractivity contribution in [2.24, 2.45) is 0 Å². The van der Waals surface area contributed by atoms with Crippen molar-refractivity contribution in [3.8, 4) is 11.5 Å². The highest BCUT2D eigenvalue weighted by Gasteiger charge is 2.51. The van der Waals surface area contributed by atoms with Crippen LogP contribution >= 0.6 is 0 Å². The van der Waals surface area contributed by atoms with Crippen LogP contribution in [0.25, 0.3) is 0 Å². The van der Waals surface area contributed by atoms with Crippen molar-refractivity contribution in [2.45, 2.75) is 37.0 Å². The minimum Gasteiger partial charge on any atom is -0.504 e. The summed E-state index contributed by atoms with van der Waals surface area (Å²) < 4.78 is 5.99. The maximum Gasteiger partial charge on any atom is 0.165 e. The van der Waals surface area contributed by atoms with Crippen LogP contribution in [0.15, 0.2) is 24.3 Å². The molecule has 4 nitrogen and oxygen atoms in total. The molecule has 3 N–H and O–H groups in total. The monoisotopic (exact) mass is 259 g/mol. The second kappa shape index (κ2) is 3.74. The second-order valence-corrected chi connectivity index (χ2v) is 5.68. The Hall–Kier alpha value is -1.52. The molecule has 19 heavy (non-hydrogen) atoms.